The first-order valence-electron chi connectivity index (χ1n) is 2.89. The number of nitrogens with zero attached hydrogens (tertiary/aromatic N) is 1. The van der Waals surface area contributed by atoms with Crippen LogP contribution in [0.3, 0.4) is 0 Å². The molecule has 0 N–H and O–H groups in total. The molecule has 1 aliphatic rings. The Morgan fingerprint density at radius 1 is 1.89 bits per heavy atom. The van der Waals surface area contributed by atoms with E-state index in [2.05, 4.69) is 4.98 Å². The molecule has 0 amide bonds. The van der Waals surface area contributed by atoms with E-state index in [-0.39, 0.29) is 0 Å². The molecule has 1 saturated heterocycles. The van der Waals surface area contributed by atoms with Crippen molar-refractivity contribution in [2.24, 2.45) is 0 Å². The summed E-state index contributed by atoms with van der Waals surface area (Å²) in [7, 11) is 0. The van der Waals surface area contributed by atoms with Gasteiger partial charge in [0.05, 0.1) is 22.7 Å². The number of thiazole rings is 1. The molecule has 0 unspecified atom stereocenters. The predicted molar refractivity (Wildman–Crippen MR) is 35.5 cm³/mol. The van der Waals surface area contributed by atoms with Crippen LogP contribution >= 0.6 is 11.3 Å². The SMILES string of the molecule is Cc1ncsc1[C@@H]1CO1. The first-order chi connectivity index (χ1) is 4.38. The van der Waals surface area contributed by atoms with Crippen LogP contribution in [0.4, 0.5) is 0 Å². The molecule has 3 heteroatoms. The fraction of sp³-hybridized carbons (Fsp3) is 0.500. The van der Waals surface area contributed by atoms with Gasteiger partial charge in [-0.1, -0.05) is 0 Å². The third kappa shape index (κ3) is 0.862. The molecule has 9 heavy (non-hydrogen) atoms. The maximum absolute atomic E-state index is 5.10. The quantitative estimate of drug-likeness (QED) is 0.554. The maximum atomic E-state index is 5.10. The Morgan fingerprint density at radius 3 is 3.11 bits per heavy atom. The van der Waals surface area contributed by atoms with Crippen LogP contribution in [0.2, 0.25) is 0 Å². The highest BCUT2D eigenvalue weighted by molar-refractivity contribution is 7.09. The van der Waals surface area contributed by atoms with Crippen molar-refractivity contribution in [3.8, 4) is 0 Å². The van der Waals surface area contributed by atoms with Crippen molar-refractivity contribution < 1.29 is 4.74 Å². The van der Waals surface area contributed by atoms with Gasteiger partial charge in [-0.25, -0.2) is 4.98 Å². The Balaban J connectivity index is 2.35. The minimum absolute atomic E-state index is 0.387. The second-order valence-electron chi connectivity index (χ2n) is 2.12. The summed E-state index contributed by atoms with van der Waals surface area (Å²) in [6.45, 7) is 2.91. The predicted octanol–water partition coefficient (Wildman–Crippen LogP) is 1.52. The molecule has 0 saturated carbocycles. The van der Waals surface area contributed by atoms with E-state index < -0.39 is 0 Å². The highest BCUT2D eigenvalue weighted by Crippen LogP contribution is 2.34. The van der Waals surface area contributed by atoms with Gasteiger partial charge in [-0.15, -0.1) is 11.3 Å². The molecule has 1 aromatic heterocycles. The topological polar surface area (TPSA) is 25.4 Å². The first kappa shape index (κ1) is 5.38. The number of ether oxygens (including phenoxy) is 1. The lowest BCUT2D eigenvalue weighted by Gasteiger charge is -1.85. The molecule has 0 spiro atoms. The summed E-state index contributed by atoms with van der Waals surface area (Å²) in [4.78, 5) is 5.42. The smallest absolute Gasteiger partial charge is 0.117 e. The molecule has 48 valence electrons. The molecular formula is C6H7NOS. The highest BCUT2D eigenvalue weighted by atomic mass is 32.1. The van der Waals surface area contributed by atoms with Gasteiger partial charge in [-0.05, 0) is 6.92 Å². The number of hydrogen-bond donors (Lipinski definition) is 0. The summed E-state index contributed by atoms with van der Waals surface area (Å²) in [6.07, 6.45) is 0.387. The molecule has 0 bridgehead atoms. The minimum Gasteiger partial charge on any atom is -0.367 e. The van der Waals surface area contributed by atoms with Crippen molar-refractivity contribution in [3.05, 3.63) is 16.1 Å². The van der Waals surface area contributed by atoms with Crippen LogP contribution in [-0.2, 0) is 4.74 Å². The number of epoxide rings is 1. The second kappa shape index (κ2) is 1.78. The lowest BCUT2D eigenvalue weighted by atomic mass is 10.3. The minimum atomic E-state index is 0.387. The van der Waals surface area contributed by atoms with Gasteiger partial charge in [0.2, 0.25) is 0 Å². The molecule has 1 aliphatic heterocycles. The van der Waals surface area contributed by atoms with Gasteiger partial charge >= 0.3 is 0 Å². The van der Waals surface area contributed by atoms with Gasteiger partial charge < -0.3 is 4.74 Å². The van der Waals surface area contributed by atoms with Gasteiger partial charge in [0, 0.05) is 0 Å². The molecule has 0 radical (unpaired) electrons. The largest absolute Gasteiger partial charge is 0.367 e. The van der Waals surface area contributed by atoms with Crippen molar-refractivity contribution in [1.29, 1.82) is 0 Å². The molecule has 2 heterocycles. The lowest BCUT2D eigenvalue weighted by Crippen LogP contribution is -1.77. The average Bonchev–Trinajstić information content (AvgIpc) is 2.58. The van der Waals surface area contributed by atoms with E-state index in [1.807, 2.05) is 12.4 Å². The van der Waals surface area contributed by atoms with Crippen LogP contribution in [0, 0.1) is 6.92 Å². The van der Waals surface area contributed by atoms with Gasteiger partial charge in [-0.3, -0.25) is 0 Å². The third-order valence-corrected chi connectivity index (χ3v) is 2.43. The maximum Gasteiger partial charge on any atom is 0.117 e. The summed E-state index contributed by atoms with van der Waals surface area (Å²) in [5, 5.41) is 0. The Hall–Kier alpha value is -0.410. The summed E-state index contributed by atoms with van der Waals surface area (Å²) in [5.74, 6) is 0. The van der Waals surface area contributed by atoms with Crippen LogP contribution in [0.1, 0.15) is 16.7 Å². The van der Waals surface area contributed by atoms with E-state index in [0.717, 1.165) is 12.3 Å². The zero-order valence-electron chi connectivity index (χ0n) is 5.13. The zero-order chi connectivity index (χ0) is 6.27. The van der Waals surface area contributed by atoms with Crippen LogP contribution in [0.5, 0.6) is 0 Å². The third-order valence-electron chi connectivity index (χ3n) is 1.41. The van der Waals surface area contributed by atoms with E-state index in [0.29, 0.717) is 6.10 Å². The molecule has 1 aromatic rings. The molecule has 1 atom stereocenters. The Bertz CT molecular complexity index is 217. The van der Waals surface area contributed by atoms with Crippen LogP contribution in [0.15, 0.2) is 5.51 Å². The van der Waals surface area contributed by atoms with Gasteiger partial charge in [0.1, 0.15) is 6.10 Å². The van der Waals surface area contributed by atoms with Crippen LogP contribution in [0.25, 0.3) is 0 Å². The van der Waals surface area contributed by atoms with Gasteiger partial charge in [0.15, 0.2) is 0 Å². The van der Waals surface area contributed by atoms with Crippen molar-refractivity contribution >= 4 is 11.3 Å². The number of aryl methyl sites for hydroxylation is 1. The van der Waals surface area contributed by atoms with Crippen LogP contribution < -0.4 is 0 Å². The number of rotatable bonds is 1. The van der Waals surface area contributed by atoms with Crippen molar-refractivity contribution in [2.45, 2.75) is 13.0 Å². The highest BCUT2D eigenvalue weighted by Gasteiger charge is 2.27. The molecular weight excluding hydrogens is 134 g/mol. The summed E-state index contributed by atoms with van der Waals surface area (Å²) in [5.41, 5.74) is 2.99. The summed E-state index contributed by atoms with van der Waals surface area (Å²) >= 11 is 1.68. The van der Waals surface area contributed by atoms with Crippen molar-refractivity contribution in [2.75, 3.05) is 6.61 Å². The average molecular weight is 141 g/mol. The van der Waals surface area contributed by atoms with E-state index in [4.69, 9.17) is 4.74 Å². The normalized spacial score (nSPS) is 24.3. The Labute approximate surface area is 57.5 Å². The van der Waals surface area contributed by atoms with E-state index in [1.165, 1.54) is 4.88 Å². The van der Waals surface area contributed by atoms with Crippen LogP contribution in [-0.4, -0.2) is 11.6 Å². The standard InChI is InChI=1S/C6H7NOS/c1-4-6(5-2-8-5)9-3-7-4/h3,5H,2H2,1H3/t5-/m0/s1. The van der Waals surface area contributed by atoms with Gasteiger partial charge in [-0.2, -0.15) is 0 Å². The number of aromatic nitrogens is 1. The first-order valence-corrected chi connectivity index (χ1v) is 3.77. The molecule has 0 aromatic carbocycles. The van der Waals surface area contributed by atoms with E-state index in [1.54, 1.807) is 11.3 Å². The Morgan fingerprint density at radius 2 is 2.67 bits per heavy atom. The zero-order valence-corrected chi connectivity index (χ0v) is 5.94. The monoisotopic (exact) mass is 141 g/mol. The summed E-state index contributed by atoms with van der Waals surface area (Å²) < 4.78 is 5.10. The summed E-state index contributed by atoms with van der Waals surface area (Å²) in [6, 6.07) is 0. The van der Waals surface area contributed by atoms with E-state index >= 15 is 0 Å². The van der Waals surface area contributed by atoms with Gasteiger partial charge in [0.25, 0.3) is 0 Å². The molecule has 0 aliphatic carbocycles. The van der Waals surface area contributed by atoms with E-state index in [9.17, 15) is 0 Å². The van der Waals surface area contributed by atoms with Crippen molar-refractivity contribution in [1.82, 2.24) is 4.98 Å². The fourth-order valence-electron chi connectivity index (χ4n) is 0.819. The Kier molecular flexibility index (Phi) is 1.07. The lowest BCUT2D eigenvalue weighted by molar-refractivity contribution is 0.417. The second-order valence-corrected chi connectivity index (χ2v) is 3.01. The van der Waals surface area contributed by atoms with Crippen molar-refractivity contribution in [3.63, 3.8) is 0 Å². The molecule has 2 nitrogen and oxygen atoms in total. The number of hydrogen-bond acceptors (Lipinski definition) is 3. The molecule has 2 rings (SSSR count). The fourth-order valence-corrected chi connectivity index (χ4v) is 1.65. The molecule has 1 fully saturated rings.